The van der Waals surface area contributed by atoms with Crippen molar-refractivity contribution in [1.82, 2.24) is 19.7 Å². The van der Waals surface area contributed by atoms with Crippen LogP contribution in [0.15, 0.2) is 23.3 Å². The van der Waals surface area contributed by atoms with Gasteiger partial charge in [0, 0.05) is 11.8 Å². The molecule has 130 valence electrons. The highest BCUT2D eigenvalue weighted by molar-refractivity contribution is 5.73. The van der Waals surface area contributed by atoms with Crippen LogP contribution in [0, 0.1) is 5.92 Å². The fraction of sp³-hybridized carbons (Fsp3) is 0.611. The summed E-state index contributed by atoms with van der Waals surface area (Å²) < 4.78 is 7.22. The van der Waals surface area contributed by atoms with E-state index in [0.29, 0.717) is 11.0 Å². The predicted molar refractivity (Wildman–Crippen MR) is 94.0 cm³/mol. The summed E-state index contributed by atoms with van der Waals surface area (Å²) in [6.07, 6.45) is 6.72. The van der Waals surface area contributed by atoms with Crippen LogP contribution in [-0.4, -0.2) is 26.9 Å². The second-order valence-electron chi connectivity index (χ2n) is 6.59. The number of H-pyrrole nitrogens is 1. The highest BCUT2D eigenvalue weighted by Gasteiger charge is 2.37. The van der Waals surface area contributed by atoms with Gasteiger partial charge in [0.05, 0.1) is 25.1 Å². The average molecular weight is 330 g/mol. The van der Waals surface area contributed by atoms with Gasteiger partial charge in [-0.3, -0.25) is 4.79 Å². The normalized spacial score (nSPS) is 21.5. The van der Waals surface area contributed by atoms with Crippen LogP contribution in [0.5, 0.6) is 0 Å². The first kappa shape index (κ1) is 16.7. The van der Waals surface area contributed by atoms with E-state index in [9.17, 15) is 4.79 Å². The Bertz CT molecular complexity index is 792. The van der Waals surface area contributed by atoms with Crippen LogP contribution in [0.1, 0.15) is 63.7 Å². The molecule has 0 aromatic carbocycles. The maximum absolute atomic E-state index is 12.5. The minimum absolute atomic E-state index is 0.110. The van der Waals surface area contributed by atoms with Crippen LogP contribution in [-0.2, 0) is 4.74 Å². The number of fused-ring (bicyclic) bond motifs is 1. The molecule has 1 saturated carbocycles. The zero-order valence-electron chi connectivity index (χ0n) is 14.7. The van der Waals surface area contributed by atoms with Crippen LogP contribution < -0.4 is 5.56 Å². The third-order valence-corrected chi connectivity index (χ3v) is 5.22. The Kier molecular flexibility index (Phi) is 4.73. The lowest BCUT2D eigenvalue weighted by Crippen LogP contribution is -2.29. The third kappa shape index (κ3) is 2.74. The van der Waals surface area contributed by atoms with E-state index in [2.05, 4.69) is 30.5 Å². The minimum atomic E-state index is -0.110. The number of allylic oxidation sites excluding steroid dienone is 1. The van der Waals surface area contributed by atoms with Crippen molar-refractivity contribution in [1.29, 1.82) is 0 Å². The van der Waals surface area contributed by atoms with Gasteiger partial charge in [-0.25, -0.2) is 9.67 Å². The Labute approximate surface area is 141 Å². The third-order valence-electron chi connectivity index (χ3n) is 5.22. The molecule has 6 nitrogen and oxygen atoms in total. The molecule has 1 unspecified atom stereocenters. The van der Waals surface area contributed by atoms with Gasteiger partial charge in [-0.1, -0.05) is 26.8 Å². The first-order valence-electron chi connectivity index (χ1n) is 8.80. The number of nitrogens with zero attached hydrogens (tertiary/aromatic N) is 3. The number of ether oxygens (including phenoxy) is 1. The number of rotatable bonds is 7. The van der Waals surface area contributed by atoms with Crippen LogP contribution >= 0.6 is 0 Å². The number of aromatic amines is 1. The maximum atomic E-state index is 12.5. The molecule has 0 aliphatic heterocycles. The lowest BCUT2D eigenvalue weighted by molar-refractivity contribution is 0.166. The van der Waals surface area contributed by atoms with Crippen molar-refractivity contribution in [2.24, 2.45) is 5.92 Å². The van der Waals surface area contributed by atoms with E-state index < -0.39 is 0 Å². The Morgan fingerprint density at radius 1 is 1.50 bits per heavy atom. The van der Waals surface area contributed by atoms with E-state index in [1.165, 1.54) is 0 Å². The smallest absolute Gasteiger partial charge is 0.262 e. The lowest BCUT2D eigenvalue weighted by Gasteiger charge is -2.36. The van der Waals surface area contributed by atoms with Gasteiger partial charge in [0.2, 0.25) is 0 Å². The molecule has 2 aromatic rings. The standard InChI is InChI=1S/C18H26N4O2/c1-5-7-12(6-2)22-17-15(10-19-22)18(23)21-16(20-17)14-9-8-13(14)11(3)24-4/h10,12-14H,3,5-9H2,1-2,4H3,(H,20,21,23)/t12?,13-,14-/m0/s1. The zero-order valence-corrected chi connectivity index (χ0v) is 14.7. The van der Waals surface area contributed by atoms with Crippen molar-refractivity contribution in [2.45, 2.75) is 57.9 Å². The maximum Gasteiger partial charge on any atom is 0.262 e. The topological polar surface area (TPSA) is 72.8 Å². The largest absolute Gasteiger partial charge is 0.501 e. The lowest BCUT2D eigenvalue weighted by atomic mass is 9.72. The quantitative estimate of drug-likeness (QED) is 0.788. The van der Waals surface area contributed by atoms with Gasteiger partial charge in [-0.2, -0.15) is 5.10 Å². The molecule has 0 spiro atoms. The number of hydrogen-bond donors (Lipinski definition) is 1. The summed E-state index contributed by atoms with van der Waals surface area (Å²) in [6, 6.07) is 0.278. The molecule has 3 rings (SSSR count). The molecule has 0 bridgehead atoms. The Balaban J connectivity index is 2.02. The first-order chi connectivity index (χ1) is 11.6. The monoisotopic (exact) mass is 330 g/mol. The van der Waals surface area contributed by atoms with Crippen molar-refractivity contribution in [3.63, 3.8) is 0 Å². The molecule has 24 heavy (non-hydrogen) atoms. The molecule has 1 aliphatic carbocycles. The summed E-state index contributed by atoms with van der Waals surface area (Å²) >= 11 is 0. The summed E-state index contributed by atoms with van der Waals surface area (Å²) in [7, 11) is 1.64. The second kappa shape index (κ2) is 6.79. The molecule has 1 aliphatic rings. The molecular weight excluding hydrogens is 304 g/mol. The molecule has 0 saturated heterocycles. The molecular formula is C18H26N4O2. The molecule has 0 amide bonds. The van der Waals surface area contributed by atoms with E-state index in [4.69, 9.17) is 9.72 Å². The summed E-state index contributed by atoms with van der Waals surface area (Å²) in [6.45, 7) is 8.28. The number of nitrogens with one attached hydrogen (secondary N) is 1. The van der Waals surface area contributed by atoms with E-state index in [1.54, 1.807) is 13.3 Å². The molecule has 0 radical (unpaired) electrons. The molecule has 1 N–H and O–H groups in total. The van der Waals surface area contributed by atoms with Crippen LogP contribution in [0.4, 0.5) is 0 Å². The van der Waals surface area contributed by atoms with Gasteiger partial charge < -0.3 is 9.72 Å². The summed E-state index contributed by atoms with van der Waals surface area (Å²) in [5.74, 6) is 1.89. The number of aromatic nitrogens is 4. The fourth-order valence-corrected chi connectivity index (χ4v) is 3.59. The van der Waals surface area contributed by atoms with Gasteiger partial charge in [0.25, 0.3) is 5.56 Å². The van der Waals surface area contributed by atoms with E-state index in [0.717, 1.165) is 43.7 Å². The average Bonchev–Trinajstić information content (AvgIpc) is 2.95. The summed E-state index contributed by atoms with van der Waals surface area (Å²) in [5, 5.41) is 5.02. The van der Waals surface area contributed by atoms with Crippen molar-refractivity contribution in [3.8, 4) is 0 Å². The molecule has 2 heterocycles. The van der Waals surface area contributed by atoms with Gasteiger partial charge >= 0.3 is 0 Å². The molecule has 2 aromatic heterocycles. The zero-order chi connectivity index (χ0) is 17.3. The Hall–Kier alpha value is -2.11. The van der Waals surface area contributed by atoms with Crippen molar-refractivity contribution in [2.75, 3.05) is 7.11 Å². The van der Waals surface area contributed by atoms with Crippen LogP contribution in [0.3, 0.4) is 0 Å². The van der Waals surface area contributed by atoms with E-state index in [-0.39, 0.29) is 23.4 Å². The fourth-order valence-electron chi connectivity index (χ4n) is 3.59. The Morgan fingerprint density at radius 3 is 2.88 bits per heavy atom. The number of methoxy groups -OCH3 is 1. The van der Waals surface area contributed by atoms with Gasteiger partial charge in [0.15, 0.2) is 5.65 Å². The van der Waals surface area contributed by atoms with Crippen molar-refractivity contribution < 1.29 is 4.74 Å². The van der Waals surface area contributed by atoms with Crippen molar-refractivity contribution in [3.05, 3.63) is 34.7 Å². The molecule has 1 fully saturated rings. The van der Waals surface area contributed by atoms with Gasteiger partial charge in [-0.05, 0) is 25.7 Å². The van der Waals surface area contributed by atoms with E-state index in [1.807, 2.05) is 4.68 Å². The minimum Gasteiger partial charge on any atom is -0.501 e. The Morgan fingerprint density at radius 2 is 2.29 bits per heavy atom. The first-order valence-corrected chi connectivity index (χ1v) is 8.80. The SMILES string of the molecule is C=C(OC)[C@@H]1CC[C@@H]1c1nc2c(cnn2C(CC)CCC)c(=O)[nH]1. The summed E-state index contributed by atoms with van der Waals surface area (Å²) in [5.41, 5.74) is 0.587. The molecule has 6 heteroatoms. The number of hydrogen-bond acceptors (Lipinski definition) is 4. The van der Waals surface area contributed by atoms with Gasteiger partial charge in [0.1, 0.15) is 11.2 Å². The van der Waals surface area contributed by atoms with Gasteiger partial charge in [-0.15, -0.1) is 0 Å². The van der Waals surface area contributed by atoms with E-state index >= 15 is 0 Å². The highest BCUT2D eigenvalue weighted by Crippen LogP contribution is 2.44. The van der Waals surface area contributed by atoms with Crippen LogP contribution in [0.25, 0.3) is 11.0 Å². The second-order valence-corrected chi connectivity index (χ2v) is 6.59. The molecule has 3 atom stereocenters. The van der Waals surface area contributed by atoms with Crippen molar-refractivity contribution >= 4 is 11.0 Å². The predicted octanol–water partition coefficient (Wildman–Crippen LogP) is 3.52. The van der Waals surface area contributed by atoms with Crippen LogP contribution in [0.2, 0.25) is 0 Å². The summed E-state index contributed by atoms with van der Waals surface area (Å²) in [4.78, 5) is 20.2. The highest BCUT2D eigenvalue weighted by atomic mass is 16.5.